The molecule has 1 fully saturated rings. The summed E-state index contributed by atoms with van der Waals surface area (Å²) >= 11 is 9.37. The molecule has 1 saturated heterocycles. The van der Waals surface area contributed by atoms with Gasteiger partial charge in [-0.05, 0) is 40.5 Å². The van der Waals surface area contributed by atoms with Crippen molar-refractivity contribution < 1.29 is 8.42 Å². The minimum atomic E-state index is -3.03. The van der Waals surface area contributed by atoms with Crippen molar-refractivity contribution in [3.63, 3.8) is 0 Å². The zero-order valence-corrected chi connectivity index (χ0v) is 13.7. The monoisotopic (exact) mass is 377 g/mol. The van der Waals surface area contributed by atoms with E-state index in [9.17, 15) is 8.42 Å². The number of aliphatic imine (C=N–C) groups is 1. The van der Waals surface area contributed by atoms with Crippen LogP contribution in [0.2, 0.25) is 5.02 Å². The molecule has 8 heteroatoms. The predicted molar refractivity (Wildman–Crippen MR) is 84.1 cm³/mol. The van der Waals surface area contributed by atoms with E-state index in [4.69, 9.17) is 17.3 Å². The molecular weight excluding hydrogens is 366 g/mol. The number of sulfone groups is 1. The Morgan fingerprint density at radius 1 is 1.45 bits per heavy atom. The zero-order chi connectivity index (χ0) is 14.5. The molecule has 1 atom stereocenters. The van der Waals surface area contributed by atoms with E-state index < -0.39 is 15.4 Å². The van der Waals surface area contributed by atoms with Gasteiger partial charge in [0.2, 0.25) is 0 Å². The number of anilines is 1. The van der Waals surface area contributed by atoms with Crippen LogP contribution in [0.3, 0.4) is 0 Å². The summed E-state index contributed by atoms with van der Waals surface area (Å²) in [6.07, 6.45) is 0.541. The fraction of sp³-hybridized carbons (Fsp3) is 0.417. The third-order valence-corrected chi connectivity index (χ3v) is 6.78. The van der Waals surface area contributed by atoms with E-state index >= 15 is 0 Å². The first-order valence-electron chi connectivity index (χ1n) is 6.09. The molecule has 1 aromatic carbocycles. The highest BCUT2D eigenvalue weighted by Gasteiger charge is 2.50. The minimum absolute atomic E-state index is 0.0877. The van der Waals surface area contributed by atoms with Crippen LogP contribution in [0.4, 0.5) is 5.69 Å². The van der Waals surface area contributed by atoms with Gasteiger partial charge < -0.3 is 10.6 Å². The summed E-state index contributed by atoms with van der Waals surface area (Å²) in [7, 11) is -3.03. The summed E-state index contributed by atoms with van der Waals surface area (Å²) < 4.78 is 24.4. The second-order valence-electron chi connectivity index (χ2n) is 5.17. The standard InChI is InChI=1S/C12H13BrClN3O2S/c13-9-5-8(1-2-10(9)14)17-11(15)16-6-12(17)3-4-20(18,19)7-12/h1-2,5H,3-4,6-7H2,(H2,15,16). The summed E-state index contributed by atoms with van der Waals surface area (Å²) in [5, 5.41) is 0.594. The Bertz CT molecular complexity index is 707. The van der Waals surface area contributed by atoms with Crippen molar-refractivity contribution >= 4 is 49.0 Å². The van der Waals surface area contributed by atoms with Crippen LogP contribution in [0.15, 0.2) is 27.7 Å². The summed E-state index contributed by atoms with van der Waals surface area (Å²) in [5.41, 5.74) is 6.23. The van der Waals surface area contributed by atoms with E-state index in [0.29, 0.717) is 23.9 Å². The number of guanidine groups is 1. The largest absolute Gasteiger partial charge is 0.369 e. The van der Waals surface area contributed by atoms with Crippen molar-refractivity contribution in [1.29, 1.82) is 0 Å². The van der Waals surface area contributed by atoms with Crippen LogP contribution in [0.1, 0.15) is 6.42 Å². The number of hydrogen-bond donors (Lipinski definition) is 1. The van der Waals surface area contributed by atoms with Gasteiger partial charge >= 0.3 is 0 Å². The fourth-order valence-electron chi connectivity index (χ4n) is 2.84. The lowest BCUT2D eigenvalue weighted by molar-refractivity contribution is 0.513. The van der Waals surface area contributed by atoms with E-state index in [1.165, 1.54) is 0 Å². The molecule has 0 bridgehead atoms. The molecule has 2 heterocycles. The molecule has 1 spiro atoms. The Morgan fingerprint density at radius 2 is 2.20 bits per heavy atom. The molecule has 2 aliphatic heterocycles. The summed E-state index contributed by atoms with van der Waals surface area (Å²) in [4.78, 5) is 6.09. The van der Waals surface area contributed by atoms with Crippen molar-refractivity contribution in [2.75, 3.05) is 23.0 Å². The number of rotatable bonds is 1. The third-order valence-electron chi connectivity index (χ3n) is 3.77. The highest BCUT2D eigenvalue weighted by atomic mass is 79.9. The molecule has 0 amide bonds. The molecule has 5 nitrogen and oxygen atoms in total. The van der Waals surface area contributed by atoms with Crippen LogP contribution in [-0.4, -0.2) is 38.0 Å². The van der Waals surface area contributed by atoms with Crippen molar-refractivity contribution in [2.24, 2.45) is 10.7 Å². The Labute approximate surface area is 130 Å². The number of hydrogen-bond acceptors (Lipinski definition) is 5. The average Bonchev–Trinajstić information content (AvgIpc) is 2.84. The van der Waals surface area contributed by atoms with Crippen LogP contribution < -0.4 is 10.6 Å². The maximum absolute atomic E-state index is 11.8. The van der Waals surface area contributed by atoms with E-state index in [2.05, 4.69) is 20.9 Å². The number of nitrogens with zero attached hydrogens (tertiary/aromatic N) is 2. The molecular formula is C12H13BrClN3O2S. The van der Waals surface area contributed by atoms with E-state index in [1.54, 1.807) is 6.07 Å². The second kappa shape index (κ2) is 4.61. The zero-order valence-electron chi connectivity index (χ0n) is 10.5. The smallest absolute Gasteiger partial charge is 0.196 e. The van der Waals surface area contributed by atoms with Crippen molar-refractivity contribution in [3.05, 3.63) is 27.7 Å². The lowest BCUT2D eigenvalue weighted by Gasteiger charge is -2.35. The Hall–Kier alpha value is -0.790. The Balaban J connectivity index is 2.05. The summed E-state index contributed by atoms with van der Waals surface area (Å²) in [6.45, 7) is 0.415. The highest BCUT2D eigenvalue weighted by Crippen LogP contribution is 2.39. The highest BCUT2D eigenvalue weighted by molar-refractivity contribution is 9.10. The molecule has 0 aliphatic carbocycles. The van der Waals surface area contributed by atoms with Crippen LogP contribution in [0, 0.1) is 0 Å². The van der Waals surface area contributed by atoms with Gasteiger partial charge in [0, 0.05) is 10.2 Å². The van der Waals surface area contributed by atoms with Gasteiger partial charge in [-0.25, -0.2) is 8.42 Å². The van der Waals surface area contributed by atoms with Gasteiger partial charge in [0.25, 0.3) is 0 Å². The van der Waals surface area contributed by atoms with E-state index in [-0.39, 0.29) is 11.5 Å². The van der Waals surface area contributed by atoms with Gasteiger partial charge in [-0.15, -0.1) is 0 Å². The molecule has 1 unspecified atom stereocenters. The lowest BCUT2D eigenvalue weighted by atomic mass is 9.97. The second-order valence-corrected chi connectivity index (χ2v) is 8.62. The van der Waals surface area contributed by atoms with Crippen molar-refractivity contribution in [2.45, 2.75) is 12.0 Å². The Kier molecular flexibility index (Phi) is 3.26. The fourth-order valence-corrected chi connectivity index (χ4v) is 5.35. The summed E-state index contributed by atoms with van der Waals surface area (Å²) in [5.74, 6) is 0.627. The average molecular weight is 379 g/mol. The molecule has 3 rings (SSSR count). The third kappa shape index (κ3) is 2.21. The molecule has 20 heavy (non-hydrogen) atoms. The number of benzene rings is 1. The maximum atomic E-state index is 11.8. The normalized spacial score (nSPS) is 28.1. The molecule has 2 N–H and O–H groups in total. The van der Waals surface area contributed by atoms with E-state index in [0.717, 1.165) is 10.2 Å². The maximum Gasteiger partial charge on any atom is 0.196 e. The molecule has 0 aromatic heterocycles. The Morgan fingerprint density at radius 3 is 2.80 bits per heavy atom. The first kappa shape index (κ1) is 14.2. The van der Waals surface area contributed by atoms with Gasteiger partial charge in [-0.2, -0.15) is 0 Å². The summed E-state index contributed by atoms with van der Waals surface area (Å²) in [6, 6.07) is 5.42. The minimum Gasteiger partial charge on any atom is -0.369 e. The topological polar surface area (TPSA) is 75.8 Å². The van der Waals surface area contributed by atoms with Gasteiger partial charge in [-0.3, -0.25) is 4.99 Å². The molecule has 108 valence electrons. The number of halogens is 2. The first-order valence-corrected chi connectivity index (χ1v) is 9.08. The first-order chi connectivity index (χ1) is 9.33. The van der Waals surface area contributed by atoms with Crippen LogP contribution >= 0.6 is 27.5 Å². The van der Waals surface area contributed by atoms with E-state index in [1.807, 2.05) is 17.0 Å². The van der Waals surface area contributed by atoms with Gasteiger partial charge in [0.05, 0.1) is 28.6 Å². The van der Waals surface area contributed by atoms with Crippen LogP contribution in [-0.2, 0) is 9.84 Å². The SMILES string of the molecule is NC1=NCC2(CCS(=O)(=O)C2)N1c1ccc(Cl)c(Br)c1. The quantitative estimate of drug-likeness (QED) is 0.808. The molecule has 0 radical (unpaired) electrons. The molecule has 1 aromatic rings. The molecule has 2 aliphatic rings. The van der Waals surface area contributed by atoms with Crippen LogP contribution in [0.5, 0.6) is 0 Å². The van der Waals surface area contributed by atoms with Gasteiger partial charge in [0.15, 0.2) is 15.8 Å². The lowest BCUT2D eigenvalue weighted by Crippen LogP contribution is -2.53. The van der Waals surface area contributed by atoms with Crippen molar-refractivity contribution in [3.8, 4) is 0 Å². The van der Waals surface area contributed by atoms with Gasteiger partial charge in [0.1, 0.15) is 0 Å². The molecule has 0 saturated carbocycles. The van der Waals surface area contributed by atoms with Crippen molar-refractivity contribution in [1.82, 2.24) is 0 Å². The van der Waals surface area contributed by atoms with Gasteiger partial charge in [-0.1, -0.05) is 11.6 Å². The van der Waals surface area contributed by atoms with Crippen LogP contribution in [0.25, 0.3) is 0 Å². The number of nitrogens with two attached hydrogens (primary N) is 1. The predicted octanol–water partition coefficient (Wildman–Crippen LogP) is 1.79.